The van der Waals surface area contributed by atoms with Gasteiger partial charge in [0.2, 0.25) is 5.91 Å². The lowest BCUT2D eigenvalue weighted by Gasteiger charge is -2.17. The van der Waals surface area contributed by atoms with Crippen LogP contribution in [0.3, 0.4) is 0 Å². The second kappa shape index (κ2) is 7.11. The van der Waals surface area contributed by atoms with Gasteiger partial charge in [0.1, 0.15) is 5.25 Å². The van der Waals surface area contributed by atoms with Crippen LogP contribution in [0.5, 0.6) is 0 Å². The van der Waals surface area contributed by atoms with Crippen LogP contribution in [0.1, 0.15) is 39.5 Å². The molecule has 3 unspecified atom stereocenters. The molecule has 0 saturated heterocycles. The van der Waals surface area contributed by atoms with E-state index in [1.54, 1.807) is 6.92 Å². The number of rotatable bonds is 6. The fourth-order valence-electron chi connectivity index (χ4n) is 2.00. The van der Waals surface area contributed by atoms with Crippen molar-refractivity contribution >= 4 is 16.7 Å². The fraction of sp³-hybridized carbons (Fsp3) is 0.917. The van der Waals surface area contributed by atoms with E-state index in [4.69, 9.17) is 5.73 Å². The highest BCUT2D eigenvalue weighted by atomic mass is 32.2. The van der Waals surface area contributed by atoms with Crippen LogP contribution < -0.4 is 11.1 Å². The molecule has 17 heavy (non-hydrogen) atoms. The molecule has 0 aliphatic heterocycles. The van der Waals surface area contributed by atoms with Crippen molar-refractivity contribution in [2.75, 3.05) is 12.3 Å². The summed E-state index contributed by atoms with van der Waals surface area (Å²) in [7, 11) is -1.12. The zero-order valence-corrected chi connectivity index (χ0v) is 11.6. The van der Waals surface area contributed by atoms with Gasteiger partial charge in [-0.05, 0) is 32.2 Å². The summed E-state index contributed by atoms with van der Waals surface area (Å²) in [5, 5.41) is 2.56. The highest BCUT2D eigenvalue weighted by Gasteiger charge is 2.24. The number of hydrogen-bond donors (Lipinski definition) is 2. The third-order valence-electron chi connectivity index (χ3n) is 3.32. The Morgan fingerprint density at radius 2 is 2.00 bits per heavy atom. The summed E-state index contributed by atoms with van der Waals surface area (Å²) in [5.74, 6) is 0.646. The molecule has 1 aliphatic rings. The van der Waals surface area contributed by atoms with Crippen LogP contribution in [0.4, 0.5) is 0 Å². The van der Waals surface area contributed by atoms with Crippen LogP contribution in [0.25, 0.3) is 0 Å². The van der Waals surface area contributed by atoms with E-state index in [0.717, 1.165) is 12.8 Å². The minimum absolute atomic E-state index is 0.0699. The highest BCUT2D eigenvalue weighted by molar-refractivity contribution is 7.86. The minimum atomic E-state index is -1.12. The molecule has 1 saturated carbocycles. The van der Waals surface area contributed by atoms with Crippen molar-refractivity contribution in [2.45, 2.75) is 50.8 Å². The molecule has 1 aliphatic carbocycles. The Balaban J connectivity index is 2.36. The Kier molecular flexibility index (Phi) is 6.12. The van der Waals surface area contributed by atoms with Crippen molar-refractivity contribution < 1.29 is 9.00 Å². The first-order valence-corrected chi connectivity index (χ1v) is 7.80. The second-order valence-electron chi connectivity index (χ2n) is 5.02. The molecule has 0 aromatic heterocycles. The summed E-state index contributed by atoms with van der Waals surface area (Å²) in [5.41, 5.74) is 5.49. The summed E-state index contributed by atoms with van der Waals surface area (Å²) >= 11 is 0. The van der Waals surface area contributed by atoms with Crippen LogP contribution in [0, 0.1) is 5.92 Å². The first kappa shape index (κ1) is 14.6. The molecule has 3 atom stereocenters. The molecule has 4 nitrogen and oxygen atoms in total. The van der Waals surface area contributed by atoms with Crippen molar-refractivity contribution in [3.63, 3.8) is 0 Å². The number of hydrogen-bond acceptors (Lipinski definition) is 3. The lowest BCUT2D eigenvalue weighted by atomic mass is 10.2. The topological polar surface area (TPSA) is 72.2 Å². The molecule has 0 radical (unpaired) electrons. The zero-order chi connectivity index (χ0) is 12.8. The van der Waals surface area contributed by atoms with E-state index >= 15 is 0 Å². The van der Waals surface area contributed by atoms with Gasteiger partial charge in [0.15, 0.2) is 0 Å². The summed E-state index contributed by atoms with van der Waals surface area (Å²) < 4.78 is 11.9. The lowest BCUT2D eigenvalue weighted by Crippen LogP contribution is -2.41. The Morgan fingerprint density at radius 1 is 1.41 bits per heavy atom. The van der Waals surface area contributed by atoms with Crippen LogP contribution in [-0.4, -0.2) is 33.7 Å². The van der Waals surface area contributed by atoms with Crippen molar-refractivity contribution in [1.29, 1.82) is 0 Å². The van der Waals surface area contributed by atoms with E-state index in [1.807, 2.05) is 6.92 Å². The molecule has 0 aromatic carbocycles. The largest absolute Gasteiger partial charge is 0.352 e. The molecule has 0 heterocycles. The molecule has 1 rings (SSSR count). The SMILES string of the molecule is CC(CN)CS(=O)C(C)C(=O)NC1CCCC1. The van der Waals surface area contributed by atoms with Crippen molar-refractivity contribution in [1.82, 2.24) is 5.32 Å². The monoisotopic (exact) mass is 260 g/mol. The first-order chi connectivity index (χ1) is 8.04. The molecule has 0 spiro atoms. The van der Waals surface area contributed by atoms with E-state index in [9.17, 15) is 9.00 Å². The fourth-order valence-corrected chi connectivity index (χ4v) is 3.29. The van der Waals surface area contributed by atoms with E-state index in [1.165, 1.54) is 12.8 Å². The van der Waals surface area contributed by atoms with Gasteiger partial charge < -0.3 is 11.1 Å². The quantitative estimate of drug-likeness (QED) is 0.741. The number of nitrogens with two attached hydrogens (primary N) is 1. The standard InChI is InChI=1S/C12H24N2O2S/c1-9(7-13)8-17(16)10(2)12(15)14-11-5-3-4-6-11/h9-11H,3-8,13H2,1-2H3,(H,14,15). The van der Waals surface area contributed by atoms with Crippen LogP contribution in [-0.2, 0) is 15.6 Å². The number of amides is 1. The van der Waals surface area contributed by atoms with Crippen molar-refractivity contribution in [3.8, 4) is 0 Å². The van der Waals surface area contributed by atoms with Gasteiger partial charge in [0.05, 0.1) is 0 Å². The van der Waals surface area contributed by atoms with Gasteiger partial charge in [-0.25, -0.2) is 0 Å². The van der Waals surface area contributed by atoms with Crippen LogP contribution in [0.2, 0.25) is 0 Å². The molecule has 100 valence electrons. The number of nitrogens with one attached hydrogen (secondary N) is 1. The molecular weight excluding hydrogens is 236 g/mol. The van der Waals surface area contributed by atoms with Gasteiger partial charge in [-0.1, -0.05) is 19.8 Å². The van der Waals surface area contributed by atoms with Crippen molar-refractivity contribution in [3.05, 3.63) is 0 Å². The van der Waals surface area contributed by atoms with Gasteiger partial charge in [-0.15, -0.1) is 0 Å². The smallest absolute Gasteiger partial charge is 0.235 e. The van der Waals surface area contributed by atoms with Gasteiger partial charge >= 0.3 is 0 Å². The number of carbonyl (C=O) groups is 1. The lowest BCUT2D eigenvalue weighted by molar-refractivity contribution is -0.121. The predicted molar refractivity (Wildman–Crippen MR) is 71.1 cm³/mol. The van der Waals surface area contributed by atoms with Gasteiger partial charge in [0, 0.05) is 22.6 Å². The Labute approximate surface area is 106 Å². The highest BCUT2D eigenvalue weighted by Crippen LogP contribution is 2.18. The van der Waals surface area contributed by atoms with Crippen LogP contribution >= 0.6 is 0 Å². The summed E-state index contributed by atoms with van der Waals surface area (Å²) in [6, 6.07) is 0.300. The molecule has 1 amide bonds. The van der Waals surface area contributed by atoms with Gasteiger partial charge in [-0.2, -0.15) is 0 Å². The summed E-state index contributed by atoms with van der Waals surface area (Å²) in [4.78, 5) is 11.9. The molecular formula is C12H24N2O2S. The maximum atomic E-state index is 11.9. The molecule has 1 fully saturated rings. The van der Waals surface area contributed by atoms with Crippen LogP contribution in [0.15, 0.2) is 0 Å². The normalized spacial score (nSPS) is 22.1. The second-order valence-corrected chi connectivity index (χ2v) is 6.82. The third kappa shape index (κ3) is 4.76. The average Bonchev–Trinajstić information content (AvgIpc) is 2.80. The van der Waals surface area contributed by atoms with E-state index < -0.39 is 16.0 Å². The predicted octanol–water partition coefficient (Wildman–Crippen LogP) is 0.777. The number of carbonyl (C=O) groups excluding carboxylic acids is 1. The minimum Gasteiger partial charge on any atom is -0.352 e. The summed E-state index contributed by atoms with van der Waals surface area (Å²) in [6.07, 6.45) is 4.49. The first-order valence-electron chi connectivity index (χ1n) is 6.42. The Hall–Kier alpha value is -0.420. The van der Waals surface area contributed by atoms with E-state index in [2.05, 4.69) is 5.32 Å². The summed E-state index contributed by atoms with van der Waals surface area (Å²) in [6.45, 7) is 4.21. The Morgan fingerprint density at radius 3 is 2.53 bits per heavy atom. The molecule has 0 aromatic rings. The van der Waals surface area contributed by atoms with Gasteiger partial charge in [0.25, 0.3) is 0 Å². The average molecular weight is 260 g/mol. The zero-order valence-electron chi connectivity index (χ0n) is 10.8. The molecule has 3 N–H and O–H groups in total. The maximum absolute atomic E-state index is 11.9. The third-order valence-corrected chi connectivity index (χ3v) is 5.22. The molecule has 0 bridgehead atoms. The Bertz CT molecular complexity index is 278. The molecule has 5 heteroatoms. The van der Waals surface area contributed by atoms with E-state index in [-0.39, 0.29) is 11.8 Å². The van der Waals surface area contributed by atoms with Crippen molar-refractivity contribution in [2.24, 2.45) is 11.7 Å². The van der Waals surface area contributed by atoms with E-state index in [0.29, 0.717) is 18.3 Å². The van der Waals surface area contributed by atoms with Gasteiger partial charge in [-0.3, -0.25) is 9.00 Å². The maximum Gasteiger partial charge on any atom is 0.235 e.